The van der Waals surface area contributed by atoms with Crippen LogP contribution in [0.5, 0.6) is 0 Å². The number of nitrogens with one attached hydrogen (secondary N) is 1. The molecule has 3 rings (SSSR count). The summed E-state index contributed by atoms with van der Waals surface area (Å²) in [5.74, 6) is 0.753. The fourth-order valence-electron chi connectivity index (χ4n) is 3.25. The van der Waals surface area contributed by atoms with Crippen molar-refractivity contribution in [3.05, 3.63) is 64.7 Å². The van der Waals surface area contributed by atoms with E-state index in [1.165, 1.54) is 24.8 Å². The Labute approximate surface area is 154 Å². The minimum Gasteiger partial charge on any atom is -0.349 e. The van der Waals surface area contributed by atoms with Crippen LogP contribution in [0.2, 0.25) is 5.02 Å². The van der Waals surface area contributed by atoms with Gasteiger partial charge in [-0.3, -0.25) is 0 Å². The SMILES string of the molecule is Cc1cc(Cl)ccc1NC(=S)N1CCC(Cc2ccccc2)CC1. The van der Waals surface area contributed by atoms with Crippen molar-refractivity contribution in [1.82, 2.24) is 4.90 Å². The van der Waals surface area contributed by atoms with Crippen molar-refractivity contribution in [3.63, 3.8) is 0 Å². The third-order valence-corrected chi connectivity index (χ3v) is 5.29. The van der Waals surface area contributed by atoms with Crippen molar-refractivity contribution in [2.45, 2.75) is 26.2 Å². The lowest BCUT2D eigenvalue weighted by Gasteiger charge is -2.34. The molecule has 0 unspecified atom stereocenters. The van der Waals surface area contributed by atoms with Crippen LogP contribution in [-0.4, -0.2) is 23.1 Å². The van der Waals surface area contributed by atoms with Gasteiger partial charge in [-0.2, -0.15) is 0 Å². The molecule has 126 valence electrons. The van der Waals surface area contributed by atoms with Crippen molar-refractivity contribution in [3.8, 4) is 0 Å². The van der Waals surface area contributed by atoms with Gasteiger partial charge in [0.1, 0.15) is 0 Å². The largest absolute Gasteiger partial charge is 0.349 e. The lowest BCUT2D eigenvalue weighted by atomic mass is 9.90. The highest BCUT2D eigenvalue weighted by molar-refractivity contribution is 7.80. The predicted molar refractivity (Wildman–Crippen MR) is 107 cm³/mol. The van der Waals surface area contributed by atoms with Gasteiger partial charge in [-0.05, 0) is 73.6 Å². The Morgan fingerprint density at radius 3 is 2.54 bits per heavy atom. The van der Waals surface area contributed by atoms with Crippen LogP contribution in [0.3, 0.4) is 0 Å². The van der Waals surface area contributed by atoms with Crippen LogP contribution >= 0.6 is 23.8 Å². The second-order valence-corrected chi connectivity index (χ2v) is 7.33. The molecule has 2 aromatic rings. The Hall–Kier alpha value is -1.58. The maximum absolute atomic E-state index is 6.01. The van der Waals surface area contributed by atoms with Crippen LogP contribution in [0.25, 0.3) is 0 Å². The van der Waals surface area contributed by atoms with Crippen LogP contribution in [0.4, 0.5) is 5.69 Å². The van der Waals surface area contributed by atoms with E-state index in [1.54, 1.807) is 0 Å². The van der Waals surface area contributed by atoms with Gasteiger partial charge in [0.2, 0.25) is 0 Å². The second kappa shape index (κ2) is 8.00. The zero-order chi connectivity index (χ0) is 16.9. The summed E-state index contributed by atoms with van der Waals surface area (Å²) in [4.78, 5) is 2.28. The van der Waals surface area contributed by atoms with Gasteiger partial charge in [0.05, 0.1) is 0 Å². The summed E-state index contributed by atoms with van der Waals surface area (Å²) in [5.41, 5.74) is 3.59. The number of hydrogen-bond acceptors (Lipinski definition) is 1. The molecule has 0 bridgehead atoms. The van der Waals surface area contributed by atoms with E-state index in [-0.39, 0.29) is 0 Å². The minimum atomic E-state index is 0.753. The van der Waals surface area contributed by atoms with E-state index in [0.717, 1.165) is 40.4 Å². The second-order valence-electron chi connectivity index (χ2n) is 6.51. The third kappa shape index (κ3) is 4.49. The number of halogens is 1. The number of piperidine rings is 1. The Kier molecular flexibility index (Phi) is 5.75. The quantitative estimate of drug-likeness (QED) is 0.749. The molecule has 0 radical (unpaired) electrons. The van der Waals surface area contributed by atoms with Crippen molar-refractivity contribution in [1.29, 1.82) is 0 Å². The van der Waals surface area contributed by atoms with Gasteiger partial charge in [0.25, 0.3) is 0 Å². The first-order chi connectivity index (χ1) is 11.6. The first-order valence-corrected chi connectivity index (χ1v) is 9.26. The first-order valence-electron chi connectivity index (χ1n) is 8.48. The molecule has 0 saturated carbocycles. The van der Waals surface area contributed by atoms with E-state index in [4.69, 9.17) is 23.8 Å². The Morgan fingerprint density at radius 2 is 1.88 bits per heavy atom. The summed E-state index contributed by atoms with van der Waals surface area (Å²) in [5, 5.41) is 4.94. The Bertz CT molecular complexity index is 694. The monoisotopic (exact) mass is 358 g/mol. The average Bonchev–Trinajstić information content (AvgIpc) is 2.59. The summed E-state index contributed by atoms with van der Waals surface area (Å²) in [6.07, 6.45) is 3.55. The number of nitrogens with zero attached hydrogens (tertiary/aromatic N) is 1. The maximum Gasteiger partial charge on any atom is 0.173 e. The highest BCUT2D eigenvalue weighted by Crippen LogP contribution is 2.24. The highest BCUT2D eigenvalue weighted by atomic mass is 35.5. The molecule has 4 heteroatoms. The maximum atomic E-state index is 6.01. The molecule has 2 nitrogen and oxygen atoms in total. The molecule has 2 aromatic carbocycles. The van der Waals surface area contributed by atoms with Gasteiger partial charge in [-0.15, -0.1) is 0 Å². The van der Waals surface area contributed by atoms with Crippen molar-refractivity contribution >= 4 is 34.6 Å². The molecule has 0 aliphatic carbocycles. The molecule has 1 heterocycles. The summed E-state index contributed by atoms with van der Waals surface area (Å²) >= 11 is 11.6. The summed E-state index contributed by atoms with van der Waals surface area (Å²) in [6.45, 7) is 4.09. The van der Waals surface area contributed by atoms with Gasteiger partial charge < -0.3 is 10.2 Å². The van der Waals surface area contributed by atoms with Crippen LogP contribution in [0.1, 0.15) is 24.0 Å². The fourth-order valence-corrected chi connectivity index (χ4v) is 3.77. The average molecular weight is 359 g/mol. The Morgan fingerprint density at radius 1 is 1.17 bits per heavy atom. The number of benzene rings is 2. The summed E-state index contributed by atoms with van der Waals surface area (Å²) < 4.78 is 0. The number of hydrogen-bond donors (Lipinski definition) is 1. The van der Waals surface area contributed by atoms with Crippen molar-refractivity contribution < 1.29 is 0 Å². The number of thiocarbonyl (C=S) groups is 1. The fraction of sp³-hybridized carbons (Fsp3) is 0.350. The topological polar surface area (TPSA) is 15.3 Å². The number of aryl methyl sites for hydroxylation is 1. The normalized spacial score (nSPS) is 15.3. The molecule has 0 aromatic heterocycles. The molecule has 1 N–H and O–H groups in total. The summed E-state index contributed by atoms with van der Waals surface area (Å²) in [7, 11) is 0. The molecule has 0 atom stereocenters. The first kappa shape index (κ1) is 17.2. The molecule has 0 amide bonds. The van der Waals surface area contributed by atoms with E-state index >= 15 is 0 Å². The van der Waals surface area contributed by atoms with Gasteiger partial charge in [0.15, 0.2) is 5.11 Å². The number of likely N-dealkylation sites (tertiary alicyclic amines) is 1. The molecule has 24 heavy (non-hydrogen) atoms. The lowest BCUT2D eigenvalue weighted by Crippen LogP contribution is -2.41. The highest BCUT2D eigenvalue weighted by Gasteiger charge is 2.21. The van der Waals surface area contributed by atoms with E-state index in [1.807, 2.05) is 25.1 Å². The Balaban J connectivity index is 1.51. The van der Waals surface area contributed by atoms with E-state index < -0.39 is 0 Å². The minimum absolute atomic E-state index is 0.753. The molecule has 1 fully saturated rings. The van der Waals surface area contributed by atoms with Crippen LogP contribution in [0, 0.1) is 12.8 Å². The molecule has 1 saturated heterocycles. The smallest absolute Gasteiger partial charge is 0.173 e. The van der Waals surface area contributed by atoms with Crippen molar-refractivity contribution in [2.24, 2.45) is 5.92 Å². The van der Waals surface area contributed by atoms with E-state index in [9.17, 15) is 0 Å². The number of rotatable bonds is 3. The zero-order valence-electron chi connectivity index (χ0n) is 14.0. The predicted octanol–water partition coefficient (Wildman–Crippen LogP) is 5.30. The lowest BCUT2D eigenvalue weighted by molar-refractivity contribution is 0.268. The summed E-state index contributed by atoms with van der Waals surface area (Å²) in [6, 6.07) is 16.6. The molecular weight excluding hydrogens is 336 g/mol. The third-order valence-electron chi connectivity index (χ3n) is 4.70. The van der Waals surface area contributed by atoms with Crippen molar-refractivity contribution in [2.75, 3.05) is 18.4 Å². The van der Waals surface area contributed by atoms with E-state index in [0.29, 0.717) is 0 Å². The molecule has 0 spiro atoms. The standard InChI is InChI=1S/C20H23ClN2S/c1-15-13-18(21)7-8-19(15)22-20(24)23-11-9-17(10-12-23)14-16-5-3-2-4-6-16/h2-8,13,17H,9-12,14H2,1H3,(H,22,24). The van der Waals surface area contributed by atoms with Crippen LogP contribution in [0.15, 0.2) is 48.5 Å². The van der Waals surface area contributed by atoms with Gasteiger partial charge in [0, 0.05) is 23.8 Å². The van der Waals surface area contributed by atoms with Crippen LogP contribution in [-0.2, 0) is 6.42 Å². The molecule has 1 aliphatic heterocycles. The van der Waals surface area contributed by atoms with Crippen LogP contribution < -0.4 is 5.32 Å². The number of anilines is 1. The van der Waals surface area contributed by atoms with Gasteiger partial charge in [-0.1, -0.05) is 41.9 Å². The molecule has 1 aliphatic rings. The zero-order valence-corrected chi connectivity index (χ0v) is 15.5. The van der Waals surface area contributed by atoms with Gasteiger partial charge >= 0.3 is 0 Å². The van der Waals surface area contributed by atoms with Gasteiger partial charge in [-0.25, -0.2) is 0 Å². The molecular formula is C20H23ClN2S. The van der Waals surface area contributed by atoms with E-state index in [2.05, 4.69) is 40.5 Å².